The monoisotopic (exact) mass is 482 g/mol. The molecule has 0 saturated heterocycles. The number of nitrogens with zero attached hydrogens (tertiary/aromatic N) is 3. The van der Waals surface area contributed by atoms with Gasteiger partial charge in [-0.05, 0) is 42.8 Å². The van der Waals surface area contributed by atoms with Crippen molar-refractivity contribution in [2.45, 2.75) is 26.4 Å². The molecule has 0 spiro atoms. The van der Waals surface area contributed by atoms with Gasteiger partial charge in [0.15, 0.2) is 0 Å². The highest BCUT2D eigenvalue weighted by Crippen LogP contribution is 2.18. The highest BCUT2D eigenvalue weighted by atomic mass is 35.5. The highest BCUT2D eigenvalue weighted by Gasteiger charge is 2.13. The second-order valence-corrected chi connectivity index (χ2v) is 8.56. The lowest BCUT2D eigenvalue weighted by Gasteiger charge is -2.08. The third-order valence-electron chi connectivity index (χ3n) is 4.65. The number of ether oxygens (including phenoxy) is 1. The van der Waals surface area contributed by atoms with E-state index in [0.717, 1.165) is 17.8 Å². The Bertz CT molecular complexity index is 1380. The van der Waals surface area contributed by atoms with Crippen LogP contribution in [0.2, 0.25) is 5.02 Å². The number of fused-ring (bicyclic) bond motifs is 1. The third-order valence-corrected chi connectivity index (χ3v) is 5.95. The average Bonchev–Trinajstić information content (AvgIpc) is 3.21. The molecule has 1 amide bonds. The van der Waals surface area contributed by atoms with E-state index in [1.54, 1.807) is 36.4 Å². The number of hydrogen-bond acceptors (Lipinski definition) is 7. The number of aromatic nitrogens is 3. The number of halogens is 1. The molecule has 2 heterocycles. The summed E-state index contributed by atoms with van der Waals surface area (Å²) in [6, 6.07) is 14.3. The van der Waals surface area contributed by atoms with Gasteiger partial charge in [0.25, 0.3) is 11.5 Å². The Kier molecular flexibility index (Phi) is 6.81. The van der Waals surface area contributed by atoms with E-state index in [9.17, 15) is 14.4 Å². The van der Waals surface area contributed by atoms with Gasteiger partial charge in [0.05, 0.1) is 21.8 Å². The molecular formula is C23H19ClN4O4S. The van der Waals surface area contributed by atoms with Crippen LogP contribution in [0.4, 0.5) is 5.69 Å². The lowest BCUT2D eigenvalue weighted by molar-refractivity contribution is 0.0467. The van der Waals surface area contributed by atoms with Gasteiger partial charge < -0.3 is 10.1 Å². The largest absolute Gasteiger partial charge is 0.456 e. The van der Waals surface area contributed by atoms with Crippen molar-refractivity contribution in [3.8, 4) is 0 Å². The van der Waals surface area contributed by atoms with E-state index in [2.05, 4.69) is 15.4 Å². The lowest BCUT2D eigenvalue weighted by atomic mass is 10.2. The summed E-state index contributed by atoms with van der Waals surface area (Å²) in [5.41, 5.74) is 1.19. The molecule has 4 aromatic rings. The fourth-order valence-corrected chi connectivity index (χ4v) is 4.28. The van der Waals surface area contributed by atoms with Crippen LogP contribution in [0.5, 0.6) is 0 Å². The van der Waals surface area contributed by atoms with Crippen LogP contribution >= 0.6 is 22.9 Å². The number of anilines is 1. The zero-order valence-electron chi connectivity index (χ0n) is 17.6. The third kappa shape index (κ3) is 5.27. The first-order chi connectivity index (χ1) is 15.9. The van der Waals surface area contributed by atoms with Crippen molar-refractivity contribution < 1.29 is 14.3 Å². The first-order valence-corrected chi connectivity index (χ1v) is 11.4. The summed E-state index contributed by atoms with van der Waals surface area (Å²) in [7, 11) is 0. The van der Waals surface area contributed by atoms with Crippen molar-refractivity contribution >= 4 is 45.5 Å². The quantitative estimate of drug-likeness (QED) is 0.392. The summed E-state index contributed by atoms with van der Waals surface area (Å²) in [5.74, 6) is -0.925. The first-order valence-electron chi connectivity index (χ1n) is 10.2. The van der Waals surface area contributed by atoms with Crippen LogP contribution in [0.25, 0.3) is 4.96 Å². The molecule has 0 radical (unpaired) electrons. The number of aryl methyl sites for hydroxylation is 1. The van der Waals surface area contributed by atoms with Crippen LogP contribution in [0.1, 0.15) is 44.8 Å². The second-order valence-electron chi connectivity index (χ2n) is 7.11. The topological polar surface area (TPSA) is 103 Å². The Morgan fingerprint density at radius 2 is 1.91 bits per heavy atom. The number of hydrogen-bond donors (Lipinski definition) is 1. The summed E-state index contributed by atoms with van der Waals surface area (Å²) in [5, 5.41) is 8.16. The minimum absolute atomic E-state index is 0.142. The number of amides is 1. The van der Waals surface area contributed by atoms with Crippen molar-refractivity contribution in [2.24, 2.45) is 0 Å². The van der Waals surface area contributed by atoms with E-state index in [1.165, 1.54) is 34.1 Å². The van der Waals surface area contributed by atoms with E-state index in [4.69, 9.17) is 16.3 Å². The molecule has 4 rings (SSSR count). The van der Waals surface area contributed by atoms with Crippen LogP contribution in [-0.4, -0.2) is 26.5 Å². The van der Waals surface area contributed by atoms with Gasteiger partial charge in [-0.3, -0.25) is 9.59 Å². The van der Waals surface area contributed by atoms with E-state index in [-0.39, 0.29) is 18.1 Å². The van der Waals surface area contributed by atoms with Crippen molar-refractivity contribution in [3.05, 3.63) is 91.8 Å². The Hall–Kier alpha value is -3.56. The maximum absolute atomic E-state index is 12.4. The van der Waals surface area contributed by atoms with Gasteiger partial charge in [-0.2, -0.15) is 9.61 Å². The van der Waals surface area contributed by atoms with E-state index >= 15 is 0 Å². The highest BCUT2D eigenvalue weighted by molar-refractivity contribution is 7.16. The fraction of sp³-hybridized carbons (Fsp3) is 0.174. The normalized spacial score (nSPS) is 10.8. The molecule has 2 aromatic carbocycles. The molecule has 8 nitrogen and oxygen atoms in total. The molecule has 0 bridgehead atoms. The summed E-state index contributed by atoms with van der Waals surface area (Å²) >= 11 is 7.39. The summed E-state index contributed by atoms with van der Waals surface area (Å²) in [6.45, 7) is 1.89. The van der Waals surface area contributed by atoms with Gasteiger partial charge in [0, 0.05) is 18.2 Å². The van der Waals surface area contributed by atoms with Crippen LogP contribution in [-0.2, 0) is 17.8 Å². The first kappa shape index (κ1) is 22.6. The number of carbonyl (C=O) groups is 2. The fourth-order valence-electron chi connectivity index (χ4n) is 3.04. The van der Waals surface area contributed by atoms with Crippen molar-refractivity contribution in [1.82, 2.24) is 14.6 Å². The Morgan fingerprint density at radius 1 is 1.15 bits per heavy atom. The van der Waals surface area contributed by atoms with Crippen molar-refractivity contribution in [3.63, 3.8) is 0 Å². The van der Waals surface area contributed by atoms with Crippen molar-refractivity contribution in [1.29, 1.82) is 0 Å². The van der Waals surface area contributed by atoms with Crippen LogP contribution < -0.4 is 10.9 Å². The molecule has 1 N–H and O–H groups in total. The zero-order chi connectivity index (χ0) is 23.4. The average molecular weight is 483 g/mol. The van der Waals surface area contributed by atoms with E-state index < -0.39 is 5.97 Å². The Balaban J connectivity index is 1.39. The molecule has 168 valence electrons. The molecule has 0 saturated carbocycles. The minimum Gasteiger partial charge on any atom is -0.456 e. The molecule has 2 aromatic heterocycles. The molecular weight excluding hydrogens is 464 g/mol. The summed E-state index contributed by atoms with van der Waals surface area (Å²) in [6.07, 6.45) is 1.69. The van der Waals surface area contributed by atoms with Gasteiger partial charge >= 0.3 is 5.97 Å². The number of rotatable bonds is 7. The van der Waals surface area contributed by atoms with Crippen LogP contribution in [0.15, 0.2) is 59.4 Å². The molecule has 0 atom stereocenters. The zero-order valence-corrected chi connectivity index (χ0v) is 19.2. The molecule has 0 fully saturated rings. The van der Waals surface area contributed by atoms with Gasteiger partial charge in [-0.1, -0.05) is 42.0 Å². The van der Waals surface area contributed by atoms with Gasteiger partial charge in [0.1, 0.15) is 11.6 Å². The second kappa shape index (κ2) is 9.93. The maximum Gasteiger partial charge on any atom is 0.338 e. The number of nitrogens with one attached hydrogen (secondary N) is 1. The number of carbonyl (C=O) groups excluding carboxylic acids is 2. The van der Waals surface area contributed by atoms with Crippen LogP contribution in [0.3, 0.4) is 0 Å². The van der Waals surface area contributed by atoms with Crippen LogP contribution in [0, 0.1) is 0 Å². The number of esters is 1. The van der Waals surface area contributed by atoms with Gasteiger partial charge in [-0.25, -0.2) is 9.78 Å². The Morgan fingerprint density at radius 3 is 2.64 bits per heavy atom. The predicted octanol–water partition coefficient (Wildman–Crippen LogP) is 4.37. The minimum atomic E-state index is -0.572. The molecule has 0 unspecified atom stereocenters. The lowest BCUT2D eigenvalue weighted by Crippen LogP contribution is -2.16. The molecule has 0 aliphatic rings. The predicted molar refractivity (Wildman–Crippen MR) is 126 cm³/mol. The molecule has 0 aliphatic heterocycles. The standard InChI is InChI=1S/C23H19ClN4O4S/c1-2-5-19-27-28-20(29)12-16(26-23(28)33-19)13-32-22(31)14-8-10-15(11-9-14)25-21(30)17-6-3-4-7-18(17)24/h3-4,6-12H,2,5,13H2,1H3,(H,25,30). The number of benzene rings is 2. The Labute approximate surface area is 197 Å². The summed E-state index contributed by atoms with van der Waals surface area (Å²) < 4.78 is 6.57. The SMILES string of the molecule is CCCc1nn2c(=O)cc(COC(=O)c3ccc(NC(=O)c4ccccc4Cl)cc3)nc2s1. The molecule has 10 heteroatoms. The maximum atomic E-state index is 12.4. The van der Waals surface area contributed by atoms with E-state index in [0.29, 0.717) is 32.5 Å². The van der Waals surface area contributed by atoms with Crippen molar-refractivity contribution in [2.75, 3.05) is 5.32 Å². The van der Waals surface area contributed by atoms with Gasteiger partial charge in [0.2, 0.25) is 4.96 Å². The summed E-state index contributed by atoms with van der Waals surface area (Å²) in [4.78, 5) is 41.9. The van der Waals surface area contributed by atoms with Gasteiger partial charge in [-0.15, -0.1) is 0 Å². The smallest absolute Gasteiger partial charge is 0.338 e. The molecule has 0 aliphatic carbocycles. The van der Waals surface area contributed by atoms with E-state index in [1.807, 2.05) is 6.92 Å². The molecule has 33 heavy (non-hydrogen) atoms.